The maximum atomic E-state index is 13.5. The standard InChI is InChI=1S/C100H183NO18/c1-3-5-7-9-11-13-15-17-19-21-23-25-27-29-31-33-35-37-38-39-40-41-42-43-44-46-48-50-52-54-56-58-60-62-64-66-68-70-72-74-76-78-88(106)101-83(84(105)77-75-73-71-69-67-65-63-61-59-57-55-53-51-49-47-45-36-34-32-30-28-26-24-22-20-18-16-14-12-10-8-6-4-2)82-114-98-94(112)91(109)96(86(80-103)116-98)119-100-95(113)92(110)97(87(81-104)117-100)118-99-93(111)90(108)89(107)85(79-102)115-99/h15,17,21,23,27,29,59,61,67,69,75,77,83-87,89-100,102-105,107-113H,3-14,16,18-20,22,24-26,28,30-58,60,62-66,68,70-74,76,78-82H2,1-2H3,(H,101,106)/b17-15-,23-21-,29-27-,61-59+,69-67+,77-75+. The first-order valence-corrected chi connectivity index (χ1v) is 49.7. The summed E-state index contributed by atoms with van der Waals surface area (Å²) in [5, 5.41) is 121. The van der Waals surface area contributed by atoms with Crippen molar-refractivity contribution in [2.75, 3.05) is 26.4 Å². The number of carbonyl (C=O) groups excluding carboxylic acids is 1. The van der Waals surface area contributed by atoms with E-state index in [-0.39, 0.29) is 18.9 Å². The molecule has 3 fully saturated rings. The van der Waals surface area contributed by atoms with E-state index in [1.807, 2.05) is 6.08 Å². The highest BCUT2D eigenvalue weighted by molar-refractivity contribution is 5.76. The minimum Gasteiger partial charge on any atom is -0.394 e. The lowest BCUT2D eigenvalue weighted by Crippen LogP contribution is -2.66. The SMILES string of the molecule is CCCCCCC/C=C\C/C=C\C/C=C\CCCCCCCCCCCCCCCCCCCCCCCCCCCCC(=O)NC(COC1OC(CO)C(OC2OC(CO)C(OC3OC(CO)C(O)C(O)C3O)C(O)C2O)C(O)C1O)C(O)/C=C/CC/C=C/CC/C=C/CCCCCCCCCCCCCCCCCCCCCCCCC. The number of aliphatic hydroxyl groups excluding tert-OH is 11. The number of hydrogen-bond donors (Lipinski definition) is 12. The smallest absolute Gasteiger partial charge is 0.220 e. The van der Waals surface area contributed by atoms with E-state index in [1.54, 1.807) is 6.08 Å². The average Bonchev–Trinajstić information content (AvgIpc) is 0.778. The Labute approximate surface area is 725 Å². The quantitative estimate of drug-likeness (QED) is 0.0199. The van der Waals surface area contributed by atoms with E-state index in [0.29, 0.717) is 12.8 Å². The fourth-order valence-electron chi connectivity index (χ4n) is 16.6. The van der Waals surface area contributed by atoms with Gasteiger partial charge in [0.1, 0.15) is 73.2 Å². The summed E-state index contributed by atoms with van der Waals surface area (Å²) in [7, 11) is 0. The molecule has 3 aliphatic rings. The van der Waals surface area contributed by atoms with Crippen molar-refractivity contribution in [1.82, 2.24) is 5.32 Å². The number of amides is 1. The Morgan fingerprint density at radius 3 is 0.899 bits per heavy atom. The van der Waals surface area contributed by atoms with E-state index < -0.39 is 124 Å². The van der Waals surface area contributed by atoms with Gasteiger partial charge in [0.15, 0.2) is 18.9 Å². The Bertz CT molecular complexity index is 2430. The number of aliphatic hydroxyl groups is 11. The third kappa shape index (κ3) is 56.1. The monoisotopic (exact) mass is 1690 g/mol. The summed E-state index contributed by atoms with van der Waals surface area (Å²) in [4.78, 5) is 13.5. The molecule has 1 amide bonds. The largest absolute Gasteiger partial charge is 0.394 e. The molecule has 0 saturated carbocycles. The van der Waals surface area contributed by atoms with Gasteiger partial charge in [0, 0.05) is 6.42 Å². The molecule has 17 atom stereocenters. The van der Waals surface area contributed by atoms with Gasteiger partial charge in [0.25, 0.3) is 0 Å². The highest BCUT2D eigenvalue weighted by Gasteiger charge is 2.54. The van der Waals surface area contributed by atoms with Gasteiger partial charge in [-0.05, 0) is 83.5 Å². The zero-order valence-corrected chi connectivity index (χ0v) is 75.6. The van der Waals surface area contributed by atoms with Crippen LogP contribution in [0.4, 0.5) is 0 Å². The van der Waals surface area contributed by atoms with Gasteiger partial charge in [-0.2, -0.15) is 0 Å². The molecular formula is C100H183NO18. The molecule has 0 radical (unpaired) electrons. The molecule has 0 aliphatic carbocycles. The molecule has 19 nitrogen and oxygen atoms in total. The summed E-state index contributed by atoms with van der Waals surface area (Å²) in [5.41, 5.74) is 0. The van der Waals surface area contributed by atoms with Gasteiger partial charge >= 0.3 is 0 Å². The summed E-state index contributed by atoms with van der Waals surface area (Å²) in [6.45, 7) is 1.76. The van der Waals surface area contributed by atoms with Crippen molar-refractivity contribution in [2.24, 2.45) is 0 Å². The maximum absolute atomic E-state index is 13.5. The predicted octanol–water partition coefficient (Wildman–Crippen LogP) is 20.6. The number of rotatable bonds is 82. The average molecular weight is 1690 g/mol. The van der Waals surface area contributed by atoms with Crippen LogP contribution in [0.1, 0.15) is 425 Å². The molecule has 17 unspecified atom stereocenters. The molecular weight excluding hydrogens is 1500 g/mol. The van der Waals surface area contributed by atoms with Gasteiger partial charge < -0.3 is 89.9 Å². The molecule has 696 valence electrons. The lowest BCUT2D eigenvalue weighted by Gasteiger charge is -2.48. The van der Waals surface area contributed by atoms with E-state index in [0.717, 1.165) is 57.8 Å². The Balaban J connectivity index is 1.29. The molecule has 3 rings (SSSR count). The van der Waals surface area contributed by atoms with Gasteiger partial charge in [-0.3, -0.25) is 4.79 Å². The van der Waals surface area contributed by atoms with E-state index in [4.69, 9.17) is 28.4 Å². The van der Waals surface area contributed by atoms with Crippen molar-refractivity contribution in [1.29, 1.82) is 0 Å². The number of carbonyl (C=O) groups is 1. The second kappa shape index (κ2) is 78.7. The van der Waals surface area contributed by atoms with Crippen molar-refractivity contribution in [3.05, 3.63) is 72.9 Å². The van der Waals surface area contributed by atoms with Crippen molar-refractivity contribution < 1.29 is 89.4 Å². The Morgan fingerprint density at radius 1 is 0.303 bits per heavy atom. The summed E-state index contributed by atoms with van der Waals surface area (Å²) < 4.78 is 34.5. The number of ether oxygens (including phenoxy) is 6. The third-order valence-electron chi connectivity index (χ3n) is 24.5. The van der Waals surface area contributed by atoms with Crippen molar-refractivity contribution >= 4 is 5.91 Å². The first-order valence-electron chi connectivity index (χ1n) is 49.7. The molecule has 12 N–H and O–H groups in total. The fourth-order valence-corrected chi connectivity index (χ4v) is 16.6. The molecule has 19 heteroatoms. The molecule has 0 spiro atoms. The molecule has 119 heavy (non-hydrogen) atoms. The van der Waals surface area contributed by atoms with E-state index in [9.17, 15) is 61.0 Å². The normalized spacial score (nSPS) is 24.5. The van der Waals surface area contributed by atoms with Gasteiger partial charge in [-0.25, -0.2) is 0 Å². The second-order valence-electron chi connectivity index (χ2n) is 35.2. The highest BCUT2D eigenvalue weighted by Crippen LogP contribution is 2.34. The second-order valence-corrected chi connectivity index (χ2v) is 35.2. The van der Waals surface area contributed by atoms with Crippen LogP contribution in [0, 0.1) is 0 Å². The molecule has 0 bridgehead atoms. The zero-order valence-electron chi connectivity index (χ0n) is 75.6. The van der Waals surface area contributed by atoms with Crippen LogP contribution in [0.25, 0.3) is 0 Å². The molecule has 0 aromatic heterocycles. The summed E-state index contributed by atoms with van der Waals surface area (Å²) in [6.07, 6.45) is 80.9. The Hall–Kier alpha value is -2.77. The van der Waals surface area contributed by atoms with Crippen molar-refractivity contribution in [2.45, 2.75) is 529 Å². The Morgan fingerprint density at radius 2 is 0.563 bits per heavy atom. The molecule has 3 aliphatic heterocycles. The van der Waals surface area contributed by atoms with Gasteiger partial charge in [0.2, 0.25) is 5.91 Å². The van der Waals surface area contributed by atoms with Crippen LogP contribution < -0.4 is 5.32 Å². The highest BCUT2D eigenvalue weighted by atomic mass is 16.8. The molecule has 0 aromatic rings. The lowest BCUT2D eigenvalue weighted by atomic mass is 9.96. The van der Waals surface area contributed by atoms with Crippen LogP contribution in [0.5, 0.6) is 0 Å². The van der Waals surface area contributed by atoms with Gasteiger partial charge in [-0.1, -0.05) is 408 Å². The van der Waals surface area contributed by atoms with Crippen molar-refractivity contribution in [3.63, 3.8) is 0 Å². The number of hydrogen-bond acceptors (Lipinski definition) is 18. The zero-order chi connectivity index (χ0) is 85.9. The number of allylic oxidation sites excluding steroid dienone is 11. The Kier molecular flexibility index (Phi) is 73.0. The predicted molar refractivity (Wildman–Crippen MR) is 485 cm³/mol. The van der Waals surface area contributed by atoms with Crippen LogP contribution in [0.15, 0.2) is 72.9 Å². The first kappa shape index (κ1) is 110. The van der Waals surface area contributed by atoms with E-state index in [1.165, 1.54) is 334 Å². The van der Waals surface area contributed by atoms with E-state index >= 15 is 0 Å². The van der Waals surface area contributed by atoms with E-state index in [2.05, 4.69) is 79.9 Å². The lowest BCUT2D eigenvalue weighted by molar-refractivity contribution is -0.379. The van der Waals surface area contributed by atoms with Crippen LogP contribution in [0.2, 0.25) is 0 Å². The summed E-state index contributed by atoms with van der Waals surface area (Å²) in [6, 6.07) is -1.00. The first-order chi connectivity index (χ1) is 58.3. The van der Waals surface area contributed by atoms with Crippen molar-refractivity contribution in [3.8, 4) is 0 Å². The molecule has 3 heterocycles. The van der Waals surface area contributed by atoms with Crippen LogP contribution in [-0.4, -0.2) is 193 Å². The number of nitrogens with one attached hydrogen (secondary N) is 1. The topological polar surface area (TPSA) is 307 Å². The van der Waals surface area contributed by atoms with Gasteiger partial charge in [-0.15, -0.1) is 0 Å². The minimum absolute atomic E-state index is 0.234. The van der Waals surface area contributed by atoms with Crippen LogP contribution in [0.3, 0.4) is 0 Å². The number of unbranched alkanes of at least 4 members (excludes halogenated alkanes) is 56. The molecule has 3 saturated heterocycles. The molecule has 0 aromatic carbocycles. The van der Waals surface area contributed by atoms with Gasteiger partial charge in [0.05, 0.1) is 38.6 Å². The minimum atomic E-state index is -1.99. The fraction of sp³-hybridized carbons (Fsp3) is 0.870. The third-order valence-corrected chi connectivity index (χ3v) is 24.5. The van der Waals surface area contributed by atoms with Crippen LogP contribution >= 0.6 is 0 Å². The summed E-state index contributed by atoms with van der Waals surface area (Å²) in [5.74, 6) is -0.282. The summed E-state index contributed by atoms with van der Waals surface area (Å²) >= 11 is 0. The van der Waals surface area contributed by atoms with Crippen LogP contribution in [-0.2, 0) is 33.2 Å². The maximum Gasteiger partial charge on any atom is 0.220 e.